The highest BCUT2D eigenvalue weighted by Crippen LogP contribution is 2.31. The highest BCUT2D eigenvalue weighted by Gasteiger charge is 2.13. The molecular weight excluding hydrogens is 308 g/mol. The van der Waals surface area contributed by atoms with Gasteiger partial charge in [0.1, 0.15) is 5.69 Å². The molecule has 0 fully saturated rings. The lowest BCUT2D eigenvalue weighted by Gasteiger charge is -2.05. The Morgan fingerprint density at radius 2 is 1.48 bits per heavy atom. The topological polar surface area (TPSA) is 52.0 Å². The SMILES string of the molecule is Cc1ccc(-c2cn(C)nc2-c2ccc(S(C)(=O)=O)cc2)cc1. The summed E-state index contributed by atoms with van der Waals surface area (Å²) in [6.07, 6.45) is 3.19. The minimum absolute atomic E-state index is 0.314. The molecule has 0 aliphatic rings. The molecule has 2 aromatic carbocycles. The summed E-state index contributed by atoms with van der Waals surface area (Å²) in [4.78, 5) is 0.314. The van der Waals surface area contributed by atoms with Crippen molar-refractivity contribution >= 4 is 9.84 Å². The smallest absolute Gasteiger partial charge is 0.175 e. The number of aryl methyl sites for hydroxylation is 2. The molecule has 0 atom stereocenters. The van der Waals surface area contributed by atoms with E-state index in [1.54, 1.807) is 28.9 Å². The maximum absolute atomic E-state index is 11.6. The van der Waals surface area contributed by atoms with Gasteiger partial charge in [-0.1, -0.05) is 42.0 Å². The zero-order chi connectivity index (χ0) is 16.6. The van der Waals surface area contributed by atoms with Gasteiger partial charge in [-0.25, -0.2) is 8.42 Å². The molecule has 3 rings (SSSR count). The molecule has 0 radical (unpaired) electrons. The van der Waals surface area contributed by atoms with Crippen LogP contribution in [-0.2, 0) is 16.9 Å². The number of hydrogen-bond acceptors (Lipinski definition) is 3. The fourth-order valence-electron chi connectivity index (χ4n) is 2.51. The highest BCUT2D eigenvalue weighted by atomic mass is 32.2. The number of aromatic nitrogens is 2. The Labute approximate surface area is 136 Å². The number of hydrogen-bond donors (Lipinski definition) is 0. The van der Waals surface area contributed by atoms with Crippen molar-refractivity contribution < 1.29 is 8.42 Å². The van der Waals surface area contributed by atoms with E-state index in [1.807, 2.05) is 13.2 Å². The molecule has 0 aliphatic carbocycles. The van der Waals surface area contributed by atoms with E-state index in [4.69, 9.17) is 0 Å². The fraction of sp³-hybridized carbons (Fsp3) is 0.167. The zero-order valence-electron chi connectivity index (χ0n) is 13.3. The summed E-state index contributed by atoms with van der Waals surface area (Å²) in [7, 11) is -1.31. The second-order valence-corrected chi connectivity index (χ2v) is 7.74. The van der Waals surface area contributed by atoms with Crippen molar-refractivity contribution in [3.05, 3.63) is 60.3 Å². The Hall–Kier alpha value is -2.40. The lowest BCUT2D eigenvalue weighted by atomic mass is 10.0. The lowest BCUT2D eigenvalue weighted by Crippen LogP contribution is -1.96. The molecule has 3 aromatic rings. The molecule has 0 N–H and O–H groups in total. The van der Waals surface area contributed by atoms with Crippen LogP contribution in [0.1, 0.15) is 5.56 Å². The highest BCUT2D eigenvalue weighted by molar-refractivity contribution is 7.90. The Morgan fingerprint density at radius 1 is 0.913 bits per heavy atom. The van der Waals surface area contributed by atoms with Crippen LogP contribution < -0.4 is 0 Å². The molecule has 23 heavy (non-hydrogen) atoms. The first-order chi connectivity index (χ1) is 10.8. The normalized spacial score (nSPS) is 11.6. The number of sulfone groups is 1. The van der Waals surface area contributed by atoms with E-state index < -0.39 is 9.84 Å². The molecule has 118 valence electrons. The van der Waals surface area contributed by atoms with Gasteiger partial charge in [-0.05, 0) is 24.6 Å². The molecule has 0 saturated carbocycles. The van der Waals surface area contributed by atoms with Gasteiger partial charge in [0, 0.05) is 30.6 Å². The van der Waals surface area contributed by atoms with Crippen LogP contribution in [0.4, 0.5) is 0 Å². The third kappa shape index (κ3) is 3.19. The maximum atomic E-state index is 11.6. The first-order valence-corrected chi connectivity index (χ1v) is 9.15. The van der Waals surface area contributed by atoms with Gasteiger partial charge in [-0.3, -0.25) is 4.68 Å². The van der Waals surface area contributed by atoms with E-state index in [0.717, 1.165) is 22.4 Å². The summed E-state index contributed by atoms with van der Waals surface area (Å²) in [6, 6.07) is 15.1. The van der Waals surface area contributed by atoms with Gasteiger partial charge in [-0.15, -0.1) is 0 Å². The summed E-state index contributed by atoms with van der Waals surface area (Å²) in [5.41, 5.74) is 5.06. The molecule has 0 saturated heterocycles. The third-order valence-corrected chi connectivity index (χ3v) is 4.88. The molecular formula is C18H18N2O2S. The van der Waals surface area contributed by atoms with Crippen LogP contribution in [0.25, 0.3) is 22.4 Å². The molecule has 0 aliphatic heterocycles. The Bertz CT molecular complexity index is 938. The predicted octanol–water partition coefficient (Wildman–Crippen LogP) is 3.47. The quantitative estimate of drug-likeness (QED) is 0.740. The van der Waals surface area contributed by atoms with Crippen molar-refractivity contribution in [2.75, 3.05) is 6.26 Å². The minimum atomic E-state index is -3.19. The van der Waals surface area contributed by atoms with Crippen molar-refractivity contribution in [2.24, 2.45) is 7.05 Å². The number of rotatable bonds is 3. The van der Waals surface area contributed by atoms with Crippen LogP contribution in [0.15, 0.2) is 59.6 Å². The van der Waals surface area contributed by atoms with Crippen LogP contribution in [-0.4, -0.2) is 24.5 Å². The second-order valence-electron chi connectivity index (χ2n) is 5.73. The molecule has 0 amide bonds. The van der Waals surface area contributed by atoms with Gasteiger partial charge in [0.2, 0.25) is 0 Å². The molecule has 0 unspecified atom stereocenters. The molecule has 1 heterocycles. The lowest BCUT2D eigenvalue weighted by molar-refractivity contribution is 0.602. The van der Waals surface area contributed by atoms with E-state index in [2.05, 4.69) is 36.3 Å². The van der Waals surface area contributed by atoms with Gasteiger partial charge in [-0.2, -0.15) is 5.10 Å². The molecule has 4 nitrogen and oxygen atoms in total. The van der Waals surface area contributed by atoms with E-state index in [1.165, 1.54) is 11.8 Å². The average Bonchev–Trinajstić information content (AvgIpc) is 2.89. The average molecular weight is 326 g/mol. The molecule has 0 spiro atoms. The monoisotopic (exact) mass is 326 g/mol. The van der Waals surface area contributed by atoms with E-state index in [0.29, 0.717) is 4.90 Å². The summed E-state index contributed by atoms with van der Waals surface area (Å²) < 4.78 is 24.9. The fourth-order valence-corrected chi connectivity index (χ4v) is 3.14. The van der Waals surface area contributed by atoms with Crippen molar-refractivity contribution in [2.45, 2.75) is 11.8 Å². The van der Waals surface area contributed by atoms with Crippen LogP contribution in [0.3, 0.4) is 0 Å². The van der Waals surface area contributed by atoms with Gasteiger partial charge in [0.25, 0.3) is 0 Å². The van der Waals surface area contributed by atoms with Gasteiger partial charge >= 0.3 is 0 Å². The first-order valence-electron chi connectivity index (χ1n) is 7.26. The van der Waals surface area contributed by atoms with Crippen LogP contribution >= 0.6 is 0 Å². The summed E-state index contributed by atoms with van der Waals surface area (Å²) in [6.45, 7) is 2.05. The zero-order valence-corrected chi connectivity index (χ0v) is 14.1. The third-order valence-electron chi connectivity index (χ3n) is 3.75. The predicted molar refractivity (Wildman–Crippen MR) is 91.9 cm³/mol. The van der Waals surface area contributed by atoms with Gasteiger partial charge in [0.05, 0.1) is 4.90 Å². The summed E-state index contributed by atoms with van der Waals surface area (Å²) in [5.74, 6) is 0. The van der Waals surface area contributed by atoms with E-state index in [9.17, 15) is 8.42 Å². The Balaban J connectivity index is 2.09. The maximum Gasteiger partial charge on any atom is 0.175 e. The Morgan fingerprint density at radius 3 is 2.04 bits per heavy atom. The van der Waals surface area contributed by atoms with E-state index >= 15 is 0 Å². The minimum Gasteiger partial charge on any atom is -0.275 e. The van der Waals surface area contributed by atoms with Crippen LogP contribution in [0.5, 0.6) is 0 Å². The standard InChI is InChI=1S/C18H18N2O2S/c1-13-4-6-14(7-5-13)17-12-20(2)19-18(17)15-8-10-16(11-9-15)23(3,21)22/h4-12H,1-3H3. The van der Waals surface area contributed by atoms with Crippen molar-refractivity contribution in [3.8, 4) is 22.4 Å². The van der Waals surface area contributed by atoms with Crippen molar-refractivity contribution in [3.63, 3.8) is 0 Å². The molecule has 1 aromatic heterocycles. The molecule has 5 heteroatoms. The first kappa shape index (κ1) is 15.5. The van der Waals surface area contributed by atoms with Crippen molar-refractivity contribution in [1.29, 1.82) is 0 Å². The second kappa shape index (κ2) is 5.66. The van der Waals surface area contributed by atoms with Gasteiger partial charge < -0.3 is 0 Å². The van der Waals surface area contributed by atoms with Crippen LogP contribution in [0, 0.1) is 6.92 Å². The van der Waals surface area contributed by atoms with E-state index in [-0.39, 0.29) is 0 Å². The number of nitrogens with zero attached hydrogens (tertiary/aromatic N) is 2. The Kier molecular flexibility index (Phi) is 3.82. The summed E-state index contributed by atoms with van der Waals surface area (Å²) >= 11 is 0. The van der Waals surface area contributed by atoms with Gasteiger partial charge in [0.15, 0.2) is 9.84 Å². The van der Waals surface area contributed by atoms with Crippen molar-refractivity contribution in [1.82, 2.24) is 9.78 Å². The molecule has 0 bridgehead atoms. The largest absolute Gasteiger partial charge is 0.275 e. The summed E-state index contributed by atoms with van der Waals surface area (Å²) in [5, 5.41) is 4.54. The van der Waals surface area contributed by atoms with Crippen LogP contribution in [0.2, 0.25) is 0 Å². The number of benzene rings is 2.